The average molecular weight is 381 g/mol. The number of anilines is 1. The van der Waals surface area contributed by atoms with Gasteiger partial charge in [-0.25, -0.2) is 0 Å². The highest BCUT2D eigenvalue weighted by Crippen LogP contribution is 2.49. The summed E-state index contributed by atoms with van der Waals surface area (Å²) in [4.78, 5) is 12.9. The molecule has 2 aromatic rings. The summed E-state index contributed by atoms with van der Waals surface area (Å²) in [5, 5.41) is 13.4. The minimum atomic E-state index is -0.270. The van der Waals surface area contributed by atoms with Gasteiger partial charge in [0.15, 0.2) is 28.8 Å². The Morgan fingerprint density at radius 2 is 1.68 bits per heavy atom. The first-order valence-corrected chi connectivity index (χ1v) is 9.23. The minimum absolute atomic E-state index is 0.0666. The number of Topliss-reactive ketones (excluding diaryl/α,β-unsaturated/α-hetero) is 1. The molecule has 0 fully saturated rings. The van der Waals surface area contributed by atoms with Crippen LogP contribution in [0.4, 0.5) is 5.69 Å². The zero-order valence-corrected chi connectivity index (χ0v) is 16.2. The van der Waals surface area contributed by atoms with E-state index in [-0.39, 0.29) is 17.5 Å². The second-order valence-electron chi connectivity index (χ2n) is 6.95. The molecule has 1 aliphatic carbocycles. The molecule has 0 aromatic heterocycles. The van der Waals surface area contributed by atoms with Crippen LogP contribution < -0.4 is 19.5 Å². The third kappa shape index (κ3) is 2.85. The SMILES string of the molecule is COc1cc([C@@H]2C3=C(CCCC3=O)Nc3cc(OC)c(OC)cc32)ccc1O. The molecule has 0 amide bonds. The summed E-state index contributed by atoms with van der Waals surface area (Å²) in [5.74, 6) is 1.55. The Morgan fingerprint density at radius 3 is 2.39 bits per heavy atom. The van der Waals surface area contributed by atoms with Gasteiger partial charge >= 0.3 is 0 Å². The van der Waals surface area contributed by atoms with E-state index in [9.17, 15) is 9.90 Å². The van der Waals surface area contributed by atoms with Gasteiger partial charge in [0.25, 0.3) is 0 Å². The van der Waals surface area contributed by atoms with Crippen molar-refractivity contribution in [1.29, 1.82) is 0 Å². The number of rotatable bonds is 4. The molecular formula is C22H23NO5. The fourth-order valence-corrected chi connectivity index (χ4v) is 4.11. The summed E-state index contributed by atoms with van der Waals surface area (Å²) in [7, 11) is 4.71. The van der Waals surface area contributed by atoms with Gasteiger partial charge in [-0.2, -0.15) is 0 Å². The molecule has 0 spiro atoms. The van der Waals surface area contributed by atoms with Crippen LogP contribution in [0.3, 0.4) is 0 Å². The normalized spacial score (nSPS) is 18.1. The Labute approximate surface area is 163 Å². The lowest BCUT2D eigenvalue weighted by Gasteiger charge is -2.34. The Kier molecular flexibility index (Phi) is 4.63. The third-order valence-corrected chi connectivity index (χ3v) is 5.43. The van der Waals surface area contributed by atoms with Gasteiger partial charge in [-0.3, -0.25) is 4.79 Å². The summed E-state index contributed by atoms with van der Waals surface area (Å²) < 4.78 is 16.2. The Balaban J connectivity index is 1.96. The number of hydrogen-bond acceptors (Lipinski definition) is 6. The first-order chi connectivity index (χ1) is 13.6. The standard InChI is InChI=1S/C22H23NO5/c1-26-18-9-12(7-8-16(18)24)21-13-10-19(27-2)20(28-3)11-15(13)23-14-5-4-6-17(25)22(14)21/h7-11,21,23-24H,4-6H2,1-3H3/t21-/m0/s1. The summed E-state index contributed by atoms with van der Waals surface area (Å²) in [6.45, 7) is 0. The molecule has 2 aromatic carbocycles. The monoisotopic (exact) mass is 381 g/mol. The van der Waals surface area contributed by atoms with Crippen LogP contribution in [-0.4, -0.2) is 32.2 Å². The number of carbonyl (C=O) groups excluding carboxylic acids is 1. The van der Waals surface area contributed by atoms with E-state index in [1.165, 1.54) is 7.11 Å². The lowest BCUT2D eigenvalue weighted by Crippen LogP contribution is -2.27. The van der Waals surface area contributed by atoms with Crippen molar-refractivity contribution in [1.82, 2.24) is 0 Å². The van der Waals surface area contributed by atoms with Crippen molar-refractivity contribution in [3.05, 3.63) is 52.7 Å². The van der Waals surface area contributed by atoms with Crippen LogP contribution in [0, 0.1) is 0 Å². The summed E-state index contributed by atoms with van der Waals surface area (Å²) in [5.41, 5.74) is 4.43. The van der Waals surface area contributed by atoms with Crippen LogP contribution in [0.15, 0.2) is 41.6 Å². The smallest absolute Gasteiger partial charge is 0.162 e. The van der Waals surface area contributed by atoms with E-state index < -0.39 is 0 Å². The van der Waals surface area contributed by atoms with Gasteiger partial charge in [-0.05, 0) is 42.2 Å². The highest BCUT2D eigenvalue weighted by molar-refractivity contribution is 6.01. The molecule has 1 atom stereocenters. The number of phenolic OH excluding ortho intramolecular Hbond substituents is 1. The van der Waals surface area contributed by atoms with Gasteiger partial charge in [0.2, 0.25) is 0 Å². The third-order valence-electron chi connectivity index (χ3n) is 5.43. The first kappa shape index (κ1) is 18.2. The highest BCUT2D eigenvalue weighted by atomic mass is 16.5. The van der Waals surface area contributed by atoms with Crippen molar-refractivity contribution in [3.8, 4) is 23.0 Å². The fraction of sp³-hybridized carbons (Fsp3) is 0.318. The number of methoxy groups -OCH3 is 3. The number of benzene rings is 2. The highest BCUT2D eigenvalue weighted by Gasteiger charge is 2.36. The fourth-order valence-electron chi connectivity index (χ4n) is 4.11. The maximum atomic E-state index is 12.9. The Bertz CT molecular complexity index is 979. The molecule has 2 N–H and O–H groups in total. The lowest BCUT2D eigenvalue weighted by atomic mass is 9.75. The van der Waals surface area contributed by atoms with Crippen LogP contribution in [-0.2, 0) is 4.79 Å². The van der Waals surface area contributed by atoms with E-state index in [0.29, 0.717) is 23.7 Å². The molecule has 28 heavy (non-hydrogen) atoms. The molecule has 6 nitrogen and oxygen atoms in total. The van der Waals surface area contributed by atoms with Gasteiger partial charge in [-0.1, -0.05) is 6.07 Å². The molecular weight excluding hydrogens is 358 g/mol. The van der Waals surface area contributed by atoms with Gasteiger partial charge in [0.1, 0.15) is 0 Å². The predicted molar refractivity (Wildman–Crippen MR) is 106 cm³/mol. The number of phenols is 1. The van der Waals surface area contributed by atoms with Gasteiger partial charge < -0.3 is 24.6 Å². The maximum absolute atomic E-state index is 12.9. The van der Waals surface area contributed by atoms with Crippen LogP contribution in [0.25, 0.3) is 0 Å². The molecule has 0 saturated carbocycles. The first-order valence-electron chi connectivity index (χ1n) is 9.23. The zero-order chi connectivity index (χ0) is 19.8. The van der Waals surface area contributed by atoms with Crippen LogP contribution in [0.2, 0.25) is 0 Å². The quantitative estimate of drug-likeness (QED) is 0.834. The minimum Gasteiger partial charge on any atom is -0.504 e. The number of hydrogen-bond donors (Lipinski definition) is 2. The maximum Gasteiger partial charge on any atom is 0.162 e. The van der Waals surface area contributed by atoms with Crippen LogP contribution in [0.1, 0.15) is 36.3 Å². The molecule has 0 unspecified atom stereocenters. The number of allylic oxidation sites excluding steroid dienone is 2. The van der Waals surface area contributed by atoms with Crippen LogP contribution in [0.5, 0.6) is 23.0 Å². The van der Waals surface area contributed by atoms with E-state index in [0.717, 1.165) is 40.9 Å². The topological polar surface area (TPSA) is 77.0 Å². The molecule has 1 heterocycles. The van der Waals surface area contributed by atoms with E-state index in [2.05, 4.69) is 5.32 Å². The van der Waals surface area contributed by atoms with E-state index in [1.54, 1.807) is 26.4 Å². The molecule has 0 radical (unpaired) electrons. The molecule has 0 bridgehead atoms. The second kappa shape index (κ2) is 7.11. The largest absolute Gasteiger partial charge is 0.504 e. The summed E-state index contributed by atoms with van der Waals surface area (Å²) in [6, 6.07) is 9.04. The van der Waals surface area contributed by atoms with Crippen molar-refractivity contribution in [2.24, 2.45) is 0 Å². The predicted octanol–water partition coefficient (Wildman–Crippen LogP) is 3.98. The summed E-state index contributed by atoms with van der Waals surface area (Å²) in [6.07, 6.45) is 2.19. The Morgan fingerprint density at radius 1 is 0.964 bits per heavy atom. The summed E-state index contributed by atoms with van der Waals surface area (Å²) >= 11 is 0. The molecule has 146 valence electrons. The van der Waals surface area contributed by atoms with Crippen LogP contribution >= 0.6 is 0 Å². The van der Waals surface area contributed by atoms with E-state index in [1.807, 2.05) is 18.2 Å². The number of carbonyl (C=O) groups is 1. The second-order valence-corrected chi connectivity index (χ2v) is 6.95. The molecule has 0 saturated heterocycles. The Hall–Kier alpha value is -3.15. The van der Waals surface area contributed by atoms with Crippen molar-refractivity contribution < 1.29 is 24.1 Å². The van der Waals surface area contributed by atoms with Gasteiger partial charge in [-0.15, -0.1) is 0 Å². The molecule has 1 aliphatic heterocycles. The van der Waals surface area contributed by atoms with Crippen molar-refractivity contribution in [2.45, 2.75) is 25.2 Å². The van der Waals surface area contributed by atoms with E-state index >= 15 is 0 Å². The molecule has 2 aliphatic rings. The number of ether oxygens (including phenoxy) is 3. The lowest BCUT2D eigenvalue weighted by molar-refractivity contribution is -0.116. The number of fused-ring (bicyclic) bond motifs is 1. The van der Waals surface area contributed by atoms with Crippen molar-refractivity contribution in [2.75, 3.05) is 26.6 Å². The average Bonchev–Trinajstić information content (AvgIpc) is 2.72. The van der Waals surface area contributed by atoms with E-state index in [4.69, 9.17) is 14.2 Å². The van der Waals surface area contributed by atoms with Gasteiger partial charge in [0, 0.05) is 35.4 Å². The molecule has 6 heteroatoms. The molecule has 4 rings (SSSR count). The van der Waals surface area contributed by atoms with Crippen molar-refractivity contribution in [3.63, 3.8) is 0 Å². The number of nitrogens with one attached hydrogen (secondary N) is 1. The van der Waals surface area contributed by atoms with Crippen molar-refractivity contribution >= 4 is 11.5 Å². The zero-order valence-electron chi connectivity index (χ0n) is 16.2. The number of ketones is 1. The van der Waals surface area contributed by atoms with Gasteiger partial charge in [0.05, 0.1) is 21.3 Å². The number of aromatic hydroxyl groups is 1.